The first-order valence-electron chi connectivity index (χ1n) is 6.52. The van der Waals surface area contributed by atoms with Crippen molar-refractivity contribution in [1.82, 2.24) is 0 Å². The standard InChI is InChI=1S/C16H11N3O4/c1-11-14(6-3-7-15(11)19(22)23)16(21)18(10-20)13-5-2-4-12(8-13)9-17/h2-8,10H,1H3. The van der Waals surface area contributed by atoms with Crippen LogP contribution in [0, 0.1) is 28.4 Å². The minimum Gasteiger partial charge on any atom is -0.278 e. The monoisotopic (exact) mass is 309 g/mol. The van der Waals surface area contributed by atoms with Crippen molar-refractivity contribution in [2.75, 3.05) is 4.90 Å². The Hall–Kier alpha value is -3.53. The molecule has 2 rings (SSSR count). The first-order valence-corrected chi connectivity index (χ1v) is 6.52. The molecule has 0 radical (unpaired) electrons. The van der Waals surface area contributed by atoms with Crippen molar-refractivity contribution in [2.24, 2.45) is 0 Å². The van der Waals surface area contributed by atoms with Crippen LogP contribution >= 0.6 is 0 Å². The van der Waals surface area contributed by atoms with Gasteiger partial charge in [-0.15, -0.1) is 0 Å². The number of hydrogen-bond donors (Lipinski definition) is 0. The van der Waals surface area contributed by atoms with E-state index in [4.69, 9.17) is 5.26 Å². The van der Waals surface area contributed by atoms with Gasteiger partial charge in [-0.1, -0.05) is 12.1 Å². The first-order chi connectivity index (χ1) is 11.0. The third-order valence-corrected chi connectivity index (χ3v) is 3.31. The minimum atomic E-state index is -0.698. The SMILES string of the molecule is Cc1c(C(=O)N(C=O)c2cccc(C#N)c2)cccc1[N+](=O)[O-]. The second-order valence-corrected chi connectivity index (χ2v) is 4.65. The van der Waals surface area contributed by atoms with Crippen molar-refractivity contribution in [2.45, 2.75) is 6.92 Å². The van der Waals surface area contributed by atoms with Gasteiger partial charge >= 0.3 is 0 Å². The molecule has 2 amide bonds. The molecule has 0 aliphatic heterocycles. The van der Waals surface area contributed by atoms with Crippen LogP contribution in [-0.4, -0.2) is 17.2 Å². The summed E-state index contributed by atoms with van der Waals surface area (Å²) in [6.45, 7) is 1.44. The summed E-state index contributed by atoms with van der Waals surface area (Å²) < 4.78 is 0. The van der Waals surface area contributed by atoms with Gasteiger partial charge < -0.3 is 0 Å². The molecule has 0 bridgehead atoms. The highest BCUT2D eigenvalue weighted by Gasteiger charge is 2.23. The number of amides is 2. The number of carbonyl (C=O) groups excluding carboxylic acids is 2. The maximum Gasteiger partial charge on any atom is 0.273 e. The van der Waals surface area contributed by atoms with E-state index in [1.807, 2.05) is 6.07 Å². The zero-order valence-electron chi connectivity index (χ0n) is 12.1. The summed E-state index contributed by atoms with van der Waals surface area (Å²) in [5.74, 6) is -0.698. The highest BCUT2D eigenvalue weighted by Crippen LogP contribution is 2.24. The van der Waals surface area contributed by atoms with Crippen molar-refractivity contribution >= 4 is 23.7 Å². The van der Waals surface area contributed by atoms with Crippen molar-refractivity contribution in [3.05, 3.63) is 69.3 Å². The van der Waals surface area contributed by atoms with Gasteiger partial charge in [-0.25, -0.2) is 4.90 Å². The van der Waals surface area contributed by atoms with E-state index in [1.165, 1.54) is 49.4 Å². The summed E-state index contributed by atoms with van der Waals surface area (Å²) in [5, 5.41) is 19.9. The van der Waals surface area contributed by atoms with E-state index >= 15 is 0 Å². The van der Waals surface area contributed by atoms with Gasteiger partial charge in [-0.05, 0) is 31.2 Å². The maximum absolute atomic E-state index is 12.6. The van der Waals surface area contributed by atoms with Crippen LogP contribution < -0.4 is 4.90 Å². The molecule has 0 saturated heterocycles. The van der Waals surface area contributed by atoms with Crippen molar-refractivity contribution in [3.8, 4) is 6.07 Å². The van der Waals surface area contributed by atoms with Crippen LogP contribution in [-0.2, 0) is 4.79 Å². The molecule has 0 aromatic heterocycles. The molecule has 0 spiro atoms. The molecule has 7 heteroatoms. The van der Waals surface area contributed by atoms with Crippen LogP contribution in [0.3, 0.4) is 0 Å². The van der Waals surface area contributed by atoms with Gasteiger partial charge in [-0.3, -0.25) is 19.7 Å². The molecule has 2 aromatic rings. The molecule has 0 fully saturated rings. The molecule has 0 heterocycles. The second-order valence-electron chi connectivity index (χ2n) is 4.65. The highest BCUT2D eigenvalue weighted by atomic mass is 16.6. The summed E-state index contributed by atoms with van der Waals surface area (Å²) in [6.07, 6.45) is 0.317. The van der Waals surface area contributed by atoms with Crippen molar-refractivity contribution in [1.29, 1.82) is 5.26 Å². The Bertz CT molecular complexity index is 839. The Morgan fingerprint density at radius 1 is 1.30 bits per heavy atom. The second kappa shape index (κ2) is 6.49. The summed E-state index contributed by atoms with van der Waals surface area (Å²) in [4.78, 5) is 35.1. The van der Waals surface area contributed by atoms with Gasteiger partial charge in [0.1, 0.15) is 0 Å². The zero-order chi connectivity index (χ0) is 17.0. The normalized spacial score (nSPS) is 9.74. The predicted octanol–water partition coefficient (Wildman–Crippen LogP) is 2.58. The number of anilines is 1. The van der Waals surface area contributed by atoms with Crippen LogP contribution in [0.15, 0.2) is 42.5 Å². The maximum atomic E-state index is 12.6. The number of nitrogens with zero attached hydrogens (tertiary/aromatic N) is 3. The van der Waals surface area contributed by atoms with Crippen LogP contribution in [0.1, 0.15) is 21.5 Å². The average molecular weight is 309 g/mol. The predicted molar refractivity (Wildman–Crippen MR) is 81.9 cm³/mol. The molecule has 0 aliphatic rings. The Labute approximate surface area is 131 Å². The average Bonchev–Trinajstić information content (AvgIpc) is 2.55. The number of nitro benzene ring substituents is 1. The highest BCUT2D eigenvalue weighted by molar-refractivity contribution is 6.16. The summed E-state index contributed by atoms with van der Waals surface area (Å²) in [5.41, 5.74) is 0.528. The molecule has 0 N–H and O–H groups in total. The van der Waals surface area contributed by atoms with Gasteiger partial charge in [0.2, 0.25) is 6.41 Å². The smallest absolute Gasteiger partial charge is 0.273 e. The van der Waals surface area contributed by atoms with E-state index in [0.29, 0.717) is 6.41 Å². The Morgan fingerprint density at radius 3 is 2.61 bits per heavy atom. The number of imide groups is 1. The zero-order valence-corrected chi connectivity index (χ0v) is 12.1. The van der Waals surface area contributed by atoms with Gasteiger partial charge in [0, 0.05) is 11.6 Å². The van der Waals surface area contributed by atoms with E-state index in [-0.39, 0.29) is 28.1 Å². The first kappa shape index (κ1) is 15.9. The lowest BCUT2D eigenvalue weighted by molar-refractivity contribution is -0.385. The molecule has 23 heavy (non-hydrogen) atoms. The van der Waals surface area contributed by atoms with E-state index in [9.17, 15) is 19.7 Å². The fourth-order valence-corrected chi connectivity index (χ4v) is 2.13. The van der Waals surface area contributed by atoms with E-state index < -0.39 is 10.8 Å². The quantitative estimate of drug-likeness (QED) is 0.490. The van der Waals surface area contributed by atoms with Gasteiger partial charge in [0.25, 0.3) is 11.6 Å². The fraction of sp³-hybridized carbons (Fsp3) is 0.0625. The summed E-state index contributed by atoms with van der Waals surface area (Å²) >= 11 is 0. The number of carbonyl (C=O) groups is 2. The number of nitro groups is 1. The van der Waals surface area contributed by atoms with E-state index in [1.54, 1.807) is 0 Å². The third kappa shape index (κ3) is 3.06. The van der Waals surface area contributed by atoms with E-state index in [2.05, 4.69) is 0 Å². The lowest BCUT2D eigenvalue weighted by atomic mass is 10.1. The molecule has 114 valence electrons. The molecule has 7 nitrogen and oxygen atoms in total. The Morgan fingerprint density at radius 2 is 2.00 bits per heavy atom. The molecule has 0 saturated carbocycles. The third-order valence-electron chi connectivity index (χ3n) is 3.31. The molecular weight excluding hydrogens is 298 g/mol. The van der Waals surface area contributed by atoms with Crippen molar-refractivity contribution < 1.29 is 14.5 Å². The van der Waals surface area contributed by atoms with Gasteiger partial charge in [0.15, 0.2) is 0 Å². The lowest BCUT2D eigenvalue weighted by Gasteiger charge is -2.17. The number of nitriles is 1. The fourth-order valence-electron chi connectivity index (χ4n) is 2.13. The molecular formula is C16H11N3O4. The molecule has 0 aliphatic carbocycles. The molecule has 0 atom stereocenters. The summed E-state index contributed by atoms with van der Waals surface area (Å²) in [6, 6.07) is 12.0. The van der Waals surface area contributed by atoms with Gasteiger partial charge in [-0.2, -0.15) is 5.26 Å². The molecule has 2 aromatic carbocycles. The Kier molecular flexibility index (Phi) is 4.47. The number of rotatable bonds is 4. The minimum absolute atomic E-state index is 0.0497. The number of benzene rings is 2. The van der Waals surface area contributed by atoms with Crippen LogP contribution in [0.4, 0.5) is 11.4 Å². The van der Waals surface area contributed by atoms with E-state index in [0.717, 1.165) is 4.90 Å². The Balaban J connectivity index is 2.49. The van der Waals surface area contributed by atoms with Crippen LogP contribution in [0.5, 0.6) is 0 Å². The van der Waals surface area contributed by atoms with Crippen LogP contribution in [0.25, 0.3) is 0 Å². The largest absolute Gasteiger partial charge is 0.278 e. The molecule has 0 unspecified atom stereocenters. The lowest BCUT2D eigenvalue weighted by Crippen LogP contribution is -2.30. The van der Waals surface area contributed by atoms with Crippen molar-refractivity contribution in [3.63, 3.8) is 0 Å². The van der Waals surface area contributed by atoms with Crippen LogP contribution in [0.2, 0.25) is 0 Å². The number of hydrogen-bond acceptors (Lipinski definition) is 5. The summed E-state index contributed by atoms with van der Waals surface area (Å²) in [7, 11) is 0. The topological polar surface area (TPSA) is 104 Å². The van der Waals surface area contributed by atoms with Gasteiger partial charge in [0.05, 0.1) is 27.8 Å².